The van der Waals surface area contributed by atoms with Gasteiger partial charge >= 0.3 is 0 Å². The molecule has 1 aromatic rings. The van der Waals surface area contributed by atoms with E-state index in [9.17, 15) is 9.18 Å². The molecular weight excluding hydrogens is 287 g/mol. The highest BCUT2D eigenvalue weighted by Gasteiger charge is 2.16. The molecule has 1 heterocycles. The van der Waals surface area contributed by atoms with Gasteiger partial charge in [-0.1, -0.05) is 12.1 Å². The van der Waals surface area contributed by atoms with Gasteiger partial charge in [0.1, 0.15) is 5.82 Å². The quantitative estimate of drug-likeness (QED) is 0.879. The molecule has 3 nitrogen and oxygen atoms in total. The van der Waals surface area contributed by atoms with E-state index in [1.807, 2.05) is 13.0 Å². The summed E-state index contributed by atoms with van der Waals surface area (Å²) in [6.45, 7) is 5.70. The van der Waals surface area contributed by atoms with E-state index in [0.717, 1.165) is 31.5 Å². The zero-order valence-corrected chi connectivity index (χ0v) is 13.4. The number of carbonyl (C=O) groups is 1. The molecule has 0 radical (unpaired) electrons. The molecule has 5 heteroatoms. The average molecular weight is 310 g/mol. The molecule has 1 amide bonds. The predicted octanol–water partition coefficient (Wildman–Crippen LogP) is 2.80. The second-order valence-corrected chi connectivity index (χ2v) is 6.85. The van der Waals surface area contributed by atoms with Crippen molar-refractivity contribution in [2.75, 3.05) is 18.8 Å². The van der Waals surface area contributed by atoms with Crippen LogP contribution >= 0.6 is 11.8 Å². The lowest BCUT2D eigenvalue weighted by atomic mass is 10.1. The predicted molar refractivity (Wildman–Crippen MR) is 86.0 cm³/mol. The summed E-state index contributed by atoms with van der Waals surface area (Å²) in [5, 5.41) is 6.83. The van der Waals surface area contributed by atoms with Gasteiger partial charge < -0.3 is 10.6 Å². The molecule has 0 spiro atoms. The van der Waals surface area contributed by atoms with Gasteiger partial charge in [-0.05, 0) is 57.0 Å². The Kier molecular flexibility index (Phi) is 6.06. The Morgan fingerprint density at radius 1 is 1.48 bits per heavy atom. The average Bonchev–Trinajstić information content (AvgIpc) is 2.49. The van der Waals surface area contributed by atoms with Gasteiger partial charge in [0.05, 0.1) is 11.8 Å². The number of amides is 1. The van der Waals surface area contributed by atoms with E-state index in [-0.39, 0.29) is 17.8 Å². The second-order valence-electron chi connectivity index (χ2n) is 5.56. The summed E-state index contributed by atoms with van der Waals surface area (Å²) in [6, 6.07) is 4.95. The number of benzene rings is 1. The SMILES string of the molecule is Cc1ccc(C(C)NC(=O)CSC2CCNCC2)cc1F. The monoisotopic (exact) mass is 310 g/mol. The lowest BCUT2D eigenvalue weighted by molar-refractivity contribution is -0.119. The first kappa shape index (κ1) is 16.3. The first-order valence-electron chi connectivity index (χ1n) is 7.44. The minimum Gasteiger partial charge on any atom is -0.349 e. The molecule has 1 atom stereocenters. The minimum absolute atomic E-state index is 0.0204. The normalized spacial score (nSPS) is 17.5. The third-order valence-electron chi connectivity index (χ3n) is 3.81. The molecule has 1 aliphatic heterocycles. The molecule has 0 aliphatic carbocycles. The summed E-state index contributed by atoms with van der Waals surface area (Å²) in [6.07, 6.45) is 2.24. The van der Waals surface area contributed by atoms with Crippen molar-refractivity contribution < 1.29 is 9.18 Å². The Bertz CT molecular complexity index is 489. The third kappa shape index (κ3) is 5.00. The van der Waals surface area contributed by atoms with Crippen LogP contribution in [0.5, 0.6) is 0 Å². The smallest absolute Gasteiger partial charge is 0.230 e. The minimum atomic E-state index is -0.224. The van der Waals surface area contributed by atoms with Gasteiger partial charge in [-0.2, -0.15) is 0 Å². The summed E-state index contributed by atoms with van der Waals surface area (Å²) in [5.74, 6) is 0.272. The van der Waals surface area contributed by atoms with Crippen LogP contribution in [-0.4, -0.2) is 30.0 Å². The van der Waals surface area contributed by atoms with E-state index in [1.165, 1.54) is 6.07 Å². The van der Waals surface area contributed by atoms with E-state index in [4.69, 9.17) is 0 Å². The van der Waals surface area contributed by atoms with Crippen molar-refractivity contribution in [3.8, 4) is 0 Å². The van der Waals surface area contributed by atoms with Crippen LogP contribution in [0.15, 0.2) is 18.2 Å². The number of rotatable bonds is 5. The van der Waals surface area contributed by atoms with Crippen LogP contribution in [0.1, 0.15) is 36.9 Å². The standard InChI is InChI=1S/C16H23FN2OS/c1-11-3-4-13(9-15(11)17)12(2)19-16(20)10-21-14-5-7-18-8-6-14/h3-4,9,12,14,18H,5-8,10H2,1-2H3,(H,19,20). The Morgan fingerprint density at radius 3 is 2.86 bits per heavy atom. The maximum atomic E-state index is 13.5. The van der Waals surface area contributed by atoms with Crippen molar-refractivity contribution in [3.63, 3.8) is 0 Å². The Balaban J connectivity index is 1.79. The maximum absolute atomic E-state index is 13.5. The van der Waals surface area contributed by atoms with E-state index >= 15 is 0 Å². The number of aryl methyl sites for hydroxylation is 1. The fraction of sp³-hybridized carbons (Fsp3) is 0.562. The summed E-state index contributed by atoms with van der Waals surface area (Å²) in [4.78, 5) is 12.0. The largest absolute Gasteiger partial charge is 0.349 e. The molecule has 1 fully saturated rings. The van der Waals surface area contributed by atoms with Gasteiger partial charge in [-0.15, -0.1) is 11.8 Å². The van der Waals surface area contributed by atoms with Crippen LogP contribution in [0.2, 0.25) is 0 Å². The topological polar surface area (TPSA) is 41.1 Å². The van der Waals surface area contributed by atoms with Crippen molar-refractivity contribution in [2.45, 2.75) is 38.0 Å². The number of piperidine rings is 1. The number of halogens is 1. The molecule has 0 aromatic heterocycles. The molecule has 0 saturated carbocycles. The van der Waals surface area contributed by atoms with Crippen LogP contribution < -0.4 is 10.6 Å². The molecular formula is C16H23FN2OS. The first-order chi connectivity index (χ1) is 10.1. The van der Waals surface area contributed by atoms with Crippen molar-refractivity contribution >= 4 is 17.7 Å². The number of carbonyl (C=O) groups excluding carboxylic acids is 1. The maximum Gasteiger partial charge on any atom is 0.230 e. The van der Waals surface area contributed by atoms with Crippen molar-refractivity contribution in [2.24, 2.45) is 0 Å². The summed E-state index contributed by atoms with van der Waals surface area (Å²) in [5.41, 5.74) is 1.43. The molecule has 2 N–H and O–H groups in total. The lowest BCUT2D eigenvalue weighted by Crippen LogP contribution is -2.32. The molecule has 1 unspecified atom stereocenters. The molecule has 2 rings (SSSR count). The second kappa shape index (κ2) is 7.80. The Labute approximate surface area is 130 Å². The number of nitrogens with one attached hydrogen (secondary N) is 2. The molecule has 1 aromatic carbocycles. The van der Waals surface area contributed by atoms with Gasteiger partial charge in [0.2, 0.25) is 5.91 Å². The first-order valence-corrected chi connectivity index (χ1v) is 8.49. The molecule has 116 valence electrons. The van der Waals surface area contributed by atoms with Gasteiger partial charge in [0.25, 0.3) is 0 Å². The molecule has 0 bridgehead atoms. The van der Waals surface area contributed by atoms with Gasteiger partial charge in [-0.3, -0.25) is 4.79 Å². The molecule has 1 saturated heterocycles. The number of thioether (sulfide) groups is 1. The van der Waals surface area contributed by atoms with Crippen LogP contribution in [0.4, 0.5) is 4.39 Å². The summed E-state index contributed by atoms with van der Waals surface area (Å²) >= 11 is 1.72. The fourth-order valence-corrected chi connectivity index (χ4v) is 3.44. The van der Waals surface area contributed by atoms with Crippen LogP contribution in [0.3, 0.4) is 0 Å². The highest BCUT2D eigenvalue weighted by Crippen LogP contribution is 2.21. The number of hydrogen-bond donors (Lipinski definition) is 2. The van der Waals surface area contributed by atoms with Gasteiger partial charge in [0, 0.05) is 5.25 Å². The zero-order valence-electron chi connectivity index (χ0n) is 12.6. The summed E-state index contributed by atoms with van der Waals surface area (Å²) in [7, 11) is 0. The van der Waals surface area contributed by atoms with E-state index < -0.39 is 0 Å². The highest BCUT2D eigenvalue weighted by molar-refractivity contribution is 8.00. The third-order valence-corrected chi connectivity index (χ3v) is 5.18. The fourth-order valence-electron chi connectivity index (χ4n) is 2.40. The van der Waals surface area contributed by atoms with Crippen molar-refractivity contribution in [1.82, 2.24) is 10.6 Å². The number of hydrogen-bond acceptors (Lipinski definition) is 3. The van der Waals surface area contributed by atoms with Crippen LogP contribution in [-0.2, 0) is 4.79 Å². The van der Waals surface area contributed by atoms with Gasteiger partial charge in [-0.25, -0.2) is 4.39 Å². The Hall–Kier alpha value is -1.07. The summed E-state index contributed by atoms with van der Waals surface area (Å²) < 4.78 is 13.5. The van der Waals surface area contributed by atoms with Crippen molar-refractivity contribution in [3.05, 3.63) is 35.1 Å². The van der Waals surface area contributed by atoms with E-state index in [2.05, 4.69) is 10.6 Å². The van der Waals surface area contributed by atoms with Crippen molar-refractivity contribution in [1.29, 1.82) is 0 Å². The Morgan fingerprint density at radius 2 is 2.19 bits per heavy atom. The van der Waals surface area contributed by atoms with E-state index in [0.29, 0.717) is 16.6 Å². The molecule has 21 heavy (non-hydrogen) atoms. The lowest BCUT2D eigenvalue weighted by Gasteiger charge is -2.22. The zero-order chi connectivity index (χ0) is 15.2. The highest BCUT2D eigenvalue weighted by atomic mass is 32.2. The van der Waals surface area contributed by atoms with Gasteiger partial charge in [0.15, 0.2) is 0 Å². The van der Waals surface area contributed by atoms with E-state index in [1.54, 1.807) is 24.8 Å². The van der Waals surface area contributed by atoms with Crippen LogP contribution in [0.25, 0.3) is 0 Å². The molecule has 1 aliphatic rings. The van der Waals surface area contributed by atoms with Crippen LogP contribution in [0, 0.1) is 12.7 Å².